The molecule has 0 radical (unpaired) electrons. The predicted octanol–water partition coefficient (Wildman–Crippen LogP) is 3.34. The molecule has 1 saturated heterocycles. The van der Waals surface area contributed by atoms with Crippen molar-refractivity contribution < 1.29 is 13.6 Å². The molecule has 1 amide bonds. The lowest BCUT2D eigenvalue weighted by molar-refractivity contribution is 0.0391. The number of nitrogen functional groups attached to an aromatic ring is 1. The summed E-state index contributed by atoms with van der Waals surface area (Å²) < 4.78 is 26.6. The Morgan fingerprint density at radius 3 is 2.57 bits per heavy atom. The van der Waals surface area contributed by atoms with E-state index in [-0.39, 0.29) is 23.2 Å². The Hall–Kier alpha value is -1.65. The van der Waals surface area contributed by atoms with E-state index in [4.69, 9.17) is 5.73 Å². The average molecular weight is 294 g/mol. The van der Waals surface area contributed by atoms with Gasteiger partial charge in [0.15, 0.2) is 11.6 Å². The second-order valence-corrected chi connectivity index (χ2v) is 6.11. The first kappa shape index (κ1) is 14.3. The lowest BCUT2D eigenvalue weighted by atomic mass is 9.78. The Labute approximate surface area is 123 Å². The molecule has 1 aliphatic heterocycles. The monoisotopic (exact) mass is 294 g/mol. The maximum Gasteiger partial charge on any atom is 0.256 e. The number of benzene rings is 1. The molecule has 3 nitrogen and oxygen atoms in total. The van der Waals surface area contributed by atoms with Crippen LogP contribution >= 0.6 is 0 Å². The number of anilines is 1. The molecule has 1 heterocycles. The molecule has 5 heteroatoms. The first-order chi connectivity index (χ1) is 10.1. The number of fused-ring (bicyclic) bond motifs is 1. The van der Waals surface area contributed by atoms with E-state index in [0.717, 1.165) is 44.2 Å². The third kappa shape index (κ3) is 2.61. The van der Waals surface area contributed by atoms with E-state index in [1.54, 1.807) is 0 Å². The van der Waals surface area contributed by atoms with Crippen molar-refractivity contribution in [2.24, 2.45) is 5.92 Å². The summed E-state index contributed by atoms with van der Waals surface area (Å²) >= 11 is 0. The van der Waals surface area contributed by atoms with Gasteiger partial charge in [-0.1, -0.05) is 12.8 Å². The minimum absolute atomic E-state index is 0.0110. The van der Waals surface area contributed by atoms with Gasteiger partial charge >= 0.3 is 0 Å². The zero-order valence-electron chi connectivity index (χ0n) is 11.9. The van der Waals surface area contributed by atoms with E-state index in [1.165, 1.54) is 6.42 Å². The van der Waals surface area contributed by atoms with Crippen molar-refractivity contribution in [3.63, 3.8) is 0 Å². The maximum atomic E-state index is 13.4. The number of amides is 1. The van der Waals surface area contributed by atoms with E-state index >= 15 is 0 Å². The van der Waals surface area contributed by atoms with Crippen LogP contribution in [-0.2, 0) is 0 Å². The molecule has 0 spiro atoms. The van der Waals surface area contributed by atoms with Crippen LogP contribution in [0.2, 0.25) is 0 Å². The van der Waals surface area contributed by atoms with Gasteiger partial charge in [-0.3, -0.25) is 4.79 Å². The second kappa shape index (κ2) is 5.62. The molecular weight excluding hydrogens is 274 g/mol. The van der Waals surface area contributed by atoms with Gasteiger partial charge in [0.05, 0.1) is 5.56 Å². The number of halogens is 2. The number of piperidine rings is 1. The number of likely N-dealkylation sites (tertiary alicyclic amines) is 1. The number of rotatable bonds is 1. The van der Waals surface area contributed by atoms with E-state index in [0.29, 0.717) is 12.5 Å². The van der Waals surface area contributed by atoms with E-state index in [9.17, 15) is 13.6 Å². The van der Waals surface area contributed by atoms with Crippen LogP contribution in [0.4, 0.5) is 14.5 Å². The molecule has 2 N–H and O–H groups in total. The zero-order chi connectivity index (χ0) is 15.0. The minimum Gasteiger partial charge on any atom is -0.398 e. The first-order valence-electron chi connectivity index (χ1n) is 7.63. The highest BCUT2D eigenvalue weighted by atomic mass is 19.2. The molecule has 1 aromatic carbocycles. The van der Waals surface area contributed by atoms with Gasteiger partial charge < -0.3 is 10.6 Å². The van der Waals surface area contributed by atoms with Crippen LogP contribution in [0.3, 0.4) is 0 Å². The molecule has 0 bridgehead atoms. The van der Waals surface area contributed by atoms with Gasteiger partial charge in [-0.15, -0.1) is 0 Å². The van der Waals surface area contributed by atoms with Crippen molar-refractivity contribution in [2.45, 2.75) is 44.6 Å². The fraction of sp³-hybridized carbons (Fsp3) is 0.562. The van der Waals surface area contributed by atoms with Gasteiger partial charge in [-0.05, 0) is 37.7 Å². The van der Waals surface area contributed by atoms with E-state index < -0.39 is 11.6 Å². The van der Waals surface area contributed by atoms with E-state index in [1.807, 2.05) is 4.90 Å². The fourth-order valence-corrected chi connectivity index (χ4v) is 3.78. The standard InChI is InChI=1S/C16H20F2N2O/c17-12-8-11(14(19)9-13(12)18)16(21)20-7-3-5-10-4-1-2-6-15(10)20/h8-10,15H,1-7,19H2. The molecule has 2 atom stereocenters. The second-order valence-electron chi connectivity index (χ2n) is 6.11. The largest absolute Gasteiger partial charge is 0.398 e. The Bertz CT molecular complexity index is 559. The highest BCUT2D eigenvalue weighted by Crippen LogP contribution is 2.36. The number of carbonyl (C=O) groups is 1. The highest BCUT2D eigenvalue weighted by Gasteiger charge is 2.36. The molecule has 21 heavy (non-hydrogen) atoms. The molecule has 1 aromatic rings. The summed E-state index contributed by atoms with van der Waals surface area (Å²) in [5, 5.41) is 0. The summed E-state index contributed by atoms with van der Waals surface area (Å²) in [6, 6.07) is 2.05. The van der Waals surface area contributed by atoms with Gasteiger partial charge in [0.2, 0.25) is 0 Å². The highest BCUT2D eigenvalue weighted by molar-refractivity contribution is 5.99. The summed E-state index contributed by atoms with van der Waals surface area (Å²) in [5.41, 5.74) is 5.81. The first-order valence-corrected chi connectivity index (χ1v) is 7.63. The van der Waals surface area contributed by atoms with Crippen LogP contribution < -0.4 is 5.73 Å². The van der Waals surface area contributed by atoms with Crippen LogP contribution in [0.25, 0.3) is 0 Å². The summed E-state index contributed by atoms with van der Waals surface area (Å²) in [6.07, 6.45) is 6.62. The Kier molecular flexibility index (Phi) is 3.83. The van der Waals surface area contributed by atoms with Crippen molar-refractivity contribution >= 4 is 11.6 Å². The smallest absolute Gasteiger partial charge is 0.256 e. The molecule has 2 aliphatic rings. The average Bonchev–Trinajstić information content (AvgIpc) is 2.49. The Morgan fingerprint density at radius 1 is 1.10 bits per heavy atom. The van der Waals surface area contributed by atoms with Gasteiger partial charge in [-0.25, -0.2) is 8.78 Å². The van der Waals surface area contributed by atoms with Crippen LogP contribution in [0.5, 0.6) is 0 Å². The number of carbonyl (C=O) groups excluding carboxylic acids is 1. The number of hydrogen-bond acceptors (Lipinski definition) is 2. The molecule has 2 fully saturated rings. The van der Waals surface area contributed by atoms with Gasteiger partial charge in [0, 0.05) is 24.3 Å². The zero-order valence-corrected chi connectivity index (χ0v) is 11.9. The topological polar surface area (TPSA) is 46.3 Å². The van der Waals surface area contributed by atoms with Crippen molar-refractivity contribution in [3.8, 4) is 0 Å². The van der Waals surface area contributed by atoms with Crippen LogP contribution in [0, 0.1) is 17.6 Å². The number of nitrogens with zero attached hydrogens (tertiary/aromatic N) is 1. The Morgan fingerprint density at radius 2 is 1.76 bits per heavy atom. The van der Waals surface area contributed by atoms with Gasteiger partial charge in [0.1, 0.15) is 0 Å². The van der Waals surface area contributed by atoms with Crippen molar-refractivity contribution in [2.75, 3.05) is 12.3 Å². The molecule has 0 aromatic heterocycles. The number of nitrogens with two attached hydrogens (primary N) is 1. The summed E-state index contributed by atoms with van der Waals surface area (Å²) in [5.74, 6) is -1.76. The quantitative estimate of drug-likeness (QED) is 0.807. The Balaban J connectivity index is 1.88. The normalized spacial score (nSPS) is 25.5. The number of hydrogen-bond donors (Lipinski definition) is 1. The minimum atomic E-state index is -1.02. The molecule has 1 saturated carbocycles. The molecule has 2 unspecified atom stereocenters. The van der Waals surface area contributed by atoms with Crippen LogP contribution in [0.15, 0.2) is 12.1 Å². The molecule has 3 rings (SSSR count). The van der Waals surface area contributed by atoms with Crippen molar-refractivity contribution in [1.29, 1.82) is 0 Å². The maximum absolute atomic E-state index is 13.4. The fourth-order valence-electron chi connectivity index (χ4n) is 3.78. The van der Waals surface area contributed by atoms with E-state index in [2.05, 4.69) is 0 Å². The lowest BCUT2D eigenvalue weighted by Gasteiger charge is -2.44. The van der Waals surface area contributed by atoms with Gasteiger partial charge in [-0.2, -0.15) is 0 Å². The van der Waals surface area contributed by atoms with Crippen molar-refractivity contribution in [1.82, 2.24) is 4.90 Å². The van der Waals surface area contributed by atoms with Crippen molar-refractivity contribution in [3.05, 3.63) is 29.3 Å². The predicted molar refractivity (Wildman–Crippen MR) is 76.8 cm³/mol. The third-order valence-corrected chi connectivity index (χ3v) is 4.83. The summed E-state index contributed by atoms with van der Waals surface area (Å²) in [4.78, 5) is 14.5. The summed E-state index contributed by atoms with van der Waals surface area (Å²) in [6.45, 7) is 0.679. The SMILES string of the molecule is Nc1cc(F)c(F)cc1C(=O)N1CCCC2CCCCC21. The lowest BCUT2D eigenvalue weighted by Crippen LogP contribution is -2.49. The summed E-state index contributed by atoms with van der Waals surface area (Å²) in [7, 11) is 0. The molecule has 114 valence electrons. The third-order valence-electron chi connectivity index (χ3n) is 4.83. The molecule has 1 aliphatic carbocycles. The van der Waals surface area contributed by atoms with Gasteiger partial charge in [0.25, 0.3) is 5.91 Å². The molecular formula is C16H20F2N2O. The van der Waals surface area contributed by atoms with Crippen LogP contribution in [0.1, 0.15) is 48.9 Å². The van der Waals surface area contributed by atoms with Crippen LogP contribution in [-0.4, -0.2) is 23.4 Å².